The van der Waals surface area contributed by atoms with E-state index in [9.17, 15) is 4.79 Å². The van der Waals surface area contributed by atoms with Crippen LogP contribution < -0.4 is 0 Å². The molecule has 0 aromatic heterocycles. The van der Waals surface area contributed by atoms with Gasteiger partial charge in [0, 0.05) is 12.3 Å². The maximum atomic E-state index is 10.5. The van der Waals surface area contributed by atoms with Gasteiger partial charge in [0.15, 0.2) is 0 Å². The summed E-state index contributed by atoms with van der Waals surface area (Å²) in [6.45, 7) is 3.41. The summed E-state index contributed by atoms with van der Waals surface area (Å²) in [5.74, 6) is 0.277. The number of ether oxygens (including phenoxy) is 1. The zero-order valence-electron chi connectivity index (χ0n) is 9.48. The minimum atomic E-state index is 0.277. The maximum absolute atomic E-state index is 10.5. The lowest BCUT2D eigenvalue weighted by molar-refractivity contribution is -0.108. The van der Waals surface area contributed by atoms with Crippen molar-refractivity contribution in [2.24, 2.45) is 5.92 Å². The monoisotopic (exact) mass is 216 g/mol. The van der Waals surface area contributed by atoms with E-state index in [0.29, 0.717) is 19.6 Å². The highest BCUT2D eigenvalue weighted by molar-refractivity contribution is 5.57. The fourth-order valence-corrected chi connectivity index (χ4v) is 1.92. The number of aldehydes is 1. The van der Waals surface area contributed by atoms with Crippen molar-refractivity contribution in [3.8, 4) is 0 Å². The van der Waals surface area contributed by atoms with Crippen molar-refractivity contribution in [1.29, 1.82) is 0 Å². The minimum Gasteiger partial charge on any atom is -0.376 e. The van der Waals surface area contributed by atoms with Crippen LogP contribution in [0.25, 0.3) is 6.08 Å². The Labute approximate surface area is 95.9 Å². The number of hydrogen-bond donors (Lipinski definition) is 0. The summed E-state index contributed by atoms with van der Waals surface area (Å²) in [5.41, 5.74) is 3.67. The van der Waals surface area contributed by atoms with Gasteiger partial charge < -0.3 is 9.53 Å². The van der Waals surface area contributed by atoms with Crippen LogP contribution in [0.1, 0.15) is 17.5 Å². The standard InChI is InChI=1S/C14H16O2/c1-11-2-4-12(5-3-11)8-14-10-16-9-13(14)6-7-15/h2-5,7-8,13H,6,9-10H2,1H3/b14-8-. The second-order valence-corrected chi connectivity index (χ2v) is 4.24. The molecule has 0 amide bonds. The average molecular weight is 216 g/mol. The van der Waals surface area contributed by atoms with Gasteiger partial charge in [-0.2, -0.15) is 0 Å². The quantitative estimate of drug-likeness (QED) is 0.726. The average Bonchev–Trinajstić information content (AvgIpc) is 2.70. The molecule has 0 N–H and O–H groups in total. The van der Waals surface area contributed by atoms with Crippen LogP contribution in [0.15, 0.2) is 29.8 Å². The summed E-state index contributed by atoms with van der Waals surface area (Å²) in [6.07, 6.45) is 3.68. The Morgan fingerprint density at radius 2 is 2.12 bits per heavy atom. The van der Waals surface area contributed by atoms with Crippen LogP contribution in [0.4, 0.5) is 0 Å². The Morgan fingerprint density at radius 1 is 1.38 bits per heavy atom. The van der Waals surface area contributed by atoms with E-state index in [0.717, 1.165) is 6.29 Å². The van der Waals surface area contributed by atoms with Gasteiger partial charge in [0.05, 0.1) is 13.2 Å². The van der Waals surface area contributed by atoms with E-state index in [-0.39, 0.29) is 5.92 Å². The van der Waals surface area contributed by atoms with Crippen molar-refractivity contribution >= 4 is 12.4 Å². The van der Waals surface area contributed by atoms with Gasteiger partial charge in [0.2, 0.25) is 0 Å². The molecule has 1 aliphatic heterocycles. The van der Waals surface area contributed by atoms with Crippen LogP contribution in [0, 0.1) is 12.8 Å². The summed E-state index contributed by atoms with van der Waals surface area (Å²) in [7, 11) is 0. The molecule has 1 fully saturated rings. The summed E-state index contributed by atoms with van der Waals surface area (Å²) >= 11 is 0. The molecule has 2 heteroatoms. The Bertz CT molecular complexity index is 390. The molecule has 1 unspecified atom stereocenters. The van der Waals surface area contributed by atoms with Crippen molar-refractivity contribution in [3.05, 3.63) is 41.0 Å². The van der Waals surface area contributed by atoms with Gasteiger partial charge in [-0.3, -0.25) is 0 Å². The Hall–Kier alpha value is -1.41. The SMILES string of the molecule is Cc1ccc(/C=C2/COCC2CC=O)cc1. The molecule has 1 atom stereocenters. The molecular formula is C14H16O2. The van der Waals surface area contributed by atoms with Crippen molar-refractivity contribution in [2.75, 3.05) is 13.2 Å². The van der Waals surface area contributed by atoms with E-state index in [2.05, 4.69) is 37.3 Å². The van der Waals surface area contributed by atoms with Crippen LogP contribution in [0.2, 0.25) is 0 Å². The molecule has 1 aliphatic rings. The number of carbonyl (C=O) groups is 1. The van der Waals surface area contributed by atoms with Gasteiger partial charge in [-0.25, -0.2) is 0 Å². The molecular weight excluding hydrogens is 200 g/mol. The second kappa shape index (κ2) is 5.08. The lowest BCUT2D eigenvalue weighted by Gasteiger charge is -2.05. The number of carbonyl (C=O) groups excluding carboxylic acids is 1. The first kappa shape index (κ1) is 11.1. The first-order chi connectivity index (χ1) is 7.79. The lowest BCUT2D eigenvalue weighted by atomic mass is 9.97. The van der Waals surface area contributed by atoms with E-state index in [1.165, 1.54) is 16.7 Å². The normalized spacial score (nSPS) is 22.6. The Morgan fingerprint density at radius 3 is 2.81 bits per heavy atom. The third-order valence-corrected chi connectivity index (χ3v) is 2.92. The molecule has 2 rings (SSSR count). The van der Waals surface area contributed by atoms with E-state index >= 15 is 0 Å². The maximum Gasteiger partial charge on any atom is 0.120 e. The summed E-state index contributed by atoms with van der Waals surface area (Å²) in [4.78, 5) is 10.5. The topological polar surface area (TPSA) is 26.3 Å². The van der Waals surface area contributed by atoms with Crippen LogP contribution >= 0.6 is 0 Å². The van der Waals surface area contributed by atoms with Gasteiger partial charge in [0.25, 0.3) is 0 Å². The van der Waals surface area contributed by atoms with Crippen LogP contribution in [-0.4, -0.2) is 19.5 Å². The first-order valence-electron chi connectivity index (χ1n) is 5.58. The fraction of sp³-hybridized carbons (Fsp3) is 0.357. The first-order valence-corrected chi connectivity index (χ1v) is 5.58. The Balaban J connectivity index is 2.16. The van der Waals surface area contributed by atoms with Gasteiger partial charge >= 0.3 is 0 Å². The van der Waals surface area contributed by atoms with E-state index in [1.807, 2.05) is 0 Å². The smallest absolute Gasteiger partial charge is 0.120 e. The van der Waals surface area contributed by atoms with Crippen LogP contribution in [-0.2, 0) is 9.53 Å². The van der Waals surface area contributed by atoms with Gasteiger partial charge in [-0.1, -0.05) is 35.9 Å². The summed E-state index contributed by atoms with van der Waals surface area (Å²) in [5, 5.41) is 0. The van der Waals surface area contributed by atoms with Crippen LogP contribution in [0.3, 0.4) is 0 Å². The van der Waals surface area contributed by atoms with Gasteiger partial charge in [0.1, 0.15) is 6.29 Å². The van der Waals surface area contributed by atoms with E-state index in [1.54, 1.807) is 0 Å². The van der Waals surface area contributed by atoms with E-state index in [4.69, 9.17) is 4.74 Å². The number of benzene rings is 1. The molecule has 1 aromatic carbocycles. The second-order valence-electron chi connectivity index (χ2n) is 4.24. The molecule has 1 saturated heterocycles. The molecule has 2 nitrogen and oxygen atoms in total. The van der Waals surface area contributed by atoms with Crippen molar-refractivity contribution < 1.29 is 9.53 Å². The Kier molecular flexibility index (Phi) is 3.52. The third kappa shape index (κ3) is 2.58. The highest BCUT2D eigenvalue weighted by Crippen LogP contribution is 2.24. The lowest BCUT2D eigenvalue weighted by Crippen LogP contribution is -2.02. The zero-order chi connectivity index (χ0) is 11.4. The molecule has 1 heterocycles. The molecule has 0 saturated carbocycles. The largest absolute Gasteiger partial charge is 0.376 e. The number of rotatable bonds is 3. The predicted molar refractivity (Wildman–Crippen MR) is 64.1 cm³/mol. The minimum absolute atomic E-state index is 0.277. The molecule has 84 valence electrons. The van der Waals surface area contributed by atoms with Crippen molar-refractivity contribution in [1.82, 2.24) is 0 Å². The van der Waals surface area contributed by atoms with Crippen molar-refractivity contribution in [3.63, 3.8) is 0 Å². The van der Waals surface area contributed by atoms with Gasteiger partial charge in [-0.15, -0.1) is 0 Å². The molecule has 0 radical (unpaired) electrons. The van der Waals surface area contributed by atoms with Crippen LogP contribution in [0.5, 0.6) is 0 Å². The molecule has 0 spiro atoms. The molecule has 0 bridgehead atoms. The molecule has 16 heavy (non-hydrogen) atoms. The summed E-state index contributed by atoms with van der Waals surface area (Å²) in [6, 6.07) is 8.38. The van der Waals surface area contributed by atoms with Gasteiger partial charge in [-0.05, 0) is 18.1 Å². The molecule has 1 aromatic rings. The zero-order valence-corrected chi connectivity index (χ0v) is 9.48. The third-order valence-electron chi connectivity index (χ3n) is 2.92. The van der Waals surface area contributed by atoms with E-state index < -0.39 is 0 Å². The van der Waals surface area contributed by atoms with Crippen molar-refractivity contribution in [2.45, 2.75) is 13.3 Å². The number of hydrogen-bond acceptors (Lipinski definition) is 2. The fourth-order valence-electron chi connectivity index (χ4n) is 1.92. The molecule has 0 aliphatic carbocycles. The predicted octanol–water partition coefficient (Wildman–Crippen LogP) is 2.61. The highest BCUT2D eigenvalue weighted by atomic mass is 16.5. The number of aryl methyl sites for hydroxylation is 1. The highest BCUT2D eigenvalue weighted by Gasteiger charge is 2.20. The summed E-state index contributed by atoms with van der Waals surface area (Å²) < 4.78 is 5.39.